The topological polar surface area (TPSA) is 26.0 Å². The minimum atomic E-state index is -4.24. The lowest BCUT2D eigenvalue weighted by atomic mass is 10.1. The molecule has 0 heterocycles. The number of alkyl halides is 3. The fourth-order valence-electron chi connectivity index (χ4n) is 0.914. The first kappa shape index (κ1) is 13.1. The summed E-state index contributed by atoms with van der Waals surface area (Å²) < 4.78 is 37.0. The molecule has 0 bridgehead atoms. The molecule has 2 N–H and O–H groups in total. The largest absolute Gasteiger partial charge is 0.412 e. The summed E-state index contributed by atoms with van der Waals surface area (Å²) in [5.41, 5.74) is 5.35. The maximum Gasteiger partial charge on any atom is 0.412 e. The summed E-state index contributed by atoms with van der Waals surface area (Å²) in [5.74, 6) is 0. The van der Waals surface area contributed by atoms with Crippen molar-refractivity contribution in [2.45, 2.75) is 39.3 Å². The van der Waals surface area contributed by atoms with Crippen molar-refractivity contribution >= 4 is 0 Å². The van der Waals surface area contributed by atoms with Gasteiger partial charge >= 0.3 is 6.18 Å². The quantitative estimate of drug-likeness (QED) is 0.701. The smallest absolute Gasteiger partial charge is 0.402 e. The van der Waals surface area contributed by atoms with E-state index in [-0.39, 0.29) is 6.42 Å². The number of hydrogen-bond acceptors (Lipinski definition) is 1. The second kappa shape index (κ2) is 5.73. The maximum absolute atomic E-state index is 12.3. The van der Waals surface area contributed by atoms with Crippen LogP contribution in [0.15, 0.2) is 23.4 Å². The van der Waals surface area contributed by atoms with E-state index in [0.29, 0.717) is 18.5 Å². The summed E-state index contributed by atoms with van der Waals surface area (Å²) >= 11 is 0. The fraction of sp³-hybridized carbons (Fsp3) is 0.600. The van der Waals surface area contributed by atoms with Crippen LogP contribution in [0, 0.1) is 0 Å². The molecule has 0 spiro atoms. The maximum atomic E-state index is 12.3. The SMILES string of the molecule is CCC/C(=C\C=C(/N)CC)C(F)(F)F. The van der Waals surface area contributed by atoms with Crippen molar-refractivity contribution < 1.29 is 13.2 Å². The number of rotatable bonds is 4. The van der Waals surface area contributed by atoms with E-state index in [4.69, 9.17) is 5.73 Å². The van der Waals surface area contributed by atoms with Crippen LogP contribution in [0.25, 0.3) is 0 Å². The van der Waals surface area contributed by atoms with E-state index in [2.05, 4.69) is 0 Å². The van der Waals surface area contributed by atoms with Crippen LogP contribution in [0.2, 0.25) is 0 Å². The molecule has 0 aromatic rings. The zero-order valence-corrected chi connectivity index (χ0v) is 8.49. The van der Waals surface area contributed by atoms with Crippen LogP contribution in [0.1, 0.15) is 33.1 Å². The van der Waals surface area contributed by atoms with E-state index < -0.39 is 11.7 Å². The van der Waals surface area contributed by atoms with Gasteiger partial charge in [-0.3, -0.25) is 0 Å². The lowest BCUT2D eigenvalue weighted by Gasteiger charge is -2.09. The Hall–Kier alpha value is -0.930. The summed E-state index contributed by atoms with van der Waals surface area (Å²) in [6.45, 7) is 3.51. The van der Waals surface area contributed by atoms with Gasteiger partial charge in [-0.1, -0.05) is 26.3 Å². The molecule has 0 rings (SSSR count). The molecule has 0 saturated heterocycles. The molecule has 0 aromatic carbocycles. The second-order valence-corrected chi connectivity index (χ2v) is 3.03. The molecule has 0 aliphatic carbocycles. The Morgan fingerprint density at radius 3 is 2.14 bits per heavy atom. The Bertz CT molecular complexity index is 226. The van der Waals surface area contributed by atoms with Crippen LogP contribution >= 0.6 is 0 Å². The van der Waals surface area contributed by atoms with Gasteiger partial charge in [0.05, 0.1) is 0 Å². The number of halogens is 3. The van der Waals surface area contributed by atoms with Gasteiger partial charge in [0, 0.05) is 11.3 Å². The number of nitrogens with two attached hydrogens (primary N) is 1. The van der Waals surface area contributed by atoms with Crippen molar-refractivity contribution in [3.05, 3.63) is 23.4 Å². The van der Waals surface area contributed by atoms with Gasteiger partial charge in [-0.2, -0.15) is 13.2 Å². The fourth-order valence-corrected chi connectivity index (χ4v) is 0.914. The van der Waals surface area contributed by atoms with Gasteiger partial charge in [0.1, 0.15) is 0 Å². The summed E-state index contributed by atoms with van der Waals surface area (Å²) in [4.78, 5) is 0. The van der Waals surface area contributed by atoms with E-state index in [1.54, 1.807) is 13.8 Å². The van der Waals surface area contributed by atoms with E-state index in [9.17, 15) is 13.2 Å². The zero-order valence-electron chi connectivity index (χ0n) is 8.49. The molecule has 1 nitrogen and oxygen atoms in total. The molecule has 0 aliphatic heterocycles. The average molecular weight is 207 g/mol. The molecule has 0 atom stereocenters. The molecule has 0 amide bonds. The molecule has 0 fully saturated rings. The first-order chi connectivity index (χ1) is 6.41. The van der Waals surface area contributed by atoms with Crippen LogP contribution in [-0.2, 0) is 0 Å². The van der Waals surface area contributed by atoms with Gasteiger partial charge in [-0.25, -0.2) is 0 Å². The molecular weight excluding hydrogens is 191 g/mol. The first-order valence-electron chi connectivity index (χ1n) is 4.64. The van der Waals surface area contributed by atoms with Crippen LogP contribution in [0.3, 0.4) is 0 Å². The molecule has 0 aromatic heterocycles. The molecule has 0 saturated carbocycles. The number of hydrogen-bond donors (Lipinski definition) is 1. The Balaban J connectivity index is 4.66. The van der Waals surface area contributed by atoms with Crippen LogP contribution in [0.4, 0.5) is 13.2 Å². The van der Waals surface area contributed by atoms with E-state index in [0.717, 1.165) is 6.08 Å². The lowest BCUT2D eigenvalue weighted by molar-refractivity contribution is -0.0940. The molecule has 0 aliphatic rings. The van der Waals surface area contributed by atoms with Crippen LogP contribution in [-0.4, -0.2) is 6.18 Å². The number of allylic oxidation sites excluding steroid dienone is 4. The highest BCUT2D eigenvalue weighted by Gasteiger charge is 2.31. The molecule has 0 unspecified atom stereocenters. The van der Waals surface area contributed by atoms with E-state index in [1.165, 1.54) is 6.08 Å². The van der Waals surface area contributed by atoms with Crippen LogP contribution < -0.4 is 5.73 Å². The predicted molar refractivity (Wildman–Crippen MR) is 51.6 cm³/mol. The van der Waals surface area contributed by atoms with Gasteiger partial charge in [-0.15, -0.1) is 0 Å². The Morgan fingerprint density at radius 1 is 1.21 bits per heavy atom. The Labute approximate surface area is 82.5 Å². The Kier molecular flexibility index (Phi) is 5.35. The molecule has 82 valence electrons. The minimum absolute atomic E-state index is 0.0387. The Morgan fingerprint density at radius 2 is 1.79 bits per heavy atom. The van der Waals surface area contributed by atoms with Crippen molar-refractivity contribution in [1.82, 2.24) is 0 Å². The van der Waals surface area contributed by atoms with Crippen molar-refractivity contribution in [2.24, 2.45) is 5.73 Å². The highest BCUT2D eigenvalue weighted by Crippen LogP contribution is 2.29. The van der Waals surface area contributed by atoms with Gasteiger partial charge in [-0.05, 0) is 18.9 Å². The van der Waals surface area contributed by atoms with Gasteiger partial charge in [0.15, 0.2) is 0 Å². The predicted octanol–water partition coefficient (Wildman–Crippen LogP) is 3.53. The first-order valence-corrected chi connectivity index (χ1v) is 4.64. The summed E-state index contributed by atoms with van der Waals surface area (Å²) in [7, 11) is 0. The highest BCUT2D eigenvalue weighted by atomic mass is 19.4. The van der Waals surface area contributed by atoms with Crippen molar-refractivity contribution in [2.75, 3.05) is 0 Å². The van der Waals surface area contributed by atoms with E-state index in [1.807, 2.05) is 0 Å². The standard InChI is InChI=1S/C10H16F3N/c1-3-5-8(10(11,12)13)6-7-9(14)4-2/h6-7H,3-5,14H2,1-2H3/b8-6+,9-7-. The highest BCUT2D eigenvalue weighted by molar-refractivity contribution is 5.19. The summed E-state index contributed by atoms with van der Waals surface area (Å²) in [5, 5.41) is 0. The molecule has 0 radical (unpaired) electrons. The minimum Gasteiger partial charge on any atom is -0.402 e. The molecular formula is C10H16F3N. The van der Waals surface area contributed by atoms with Crippen molar-refractivity contribution in [1.29, 1.82) is 0 Å². The molecule has 14 heavy (non-hydrogen) atoms. The third-order valence-electron chi connectivity index (χ3n) is 1.79. The summed E-state index contributed by atoms with van der Waals surface area (Å²) in [6, 6.07) is 0. The lowest BCUT2D eigenvalue weighted by Crippen LogP contribution is -2.11. The summed E-state index contributed by atoms with van der Waals surface area (Å²) in [6.07, 6.45) is -0.753. The third-order valence-corrected chi connectivity index (χ3v) is 1.79. The normalized spacial score (nSPS) is 14.6. The second-order valence-electron chi connectivity index (χ2n) is 3.03. The van der Waals surface area contributed by atoms with Gasteiger partial charge in [0.25, 0.3) is 0 Å². The van der Waals surface area contributed by atoms with Crippen molar-refractivity contribution in [3.63, 3.8) is 0 Å². The van der Waals surface area contributed by atoms with Crippen LogP contribution in [0.5, 0.6) is 0 Å². The van der Waals surface area contributed by atoms with Gasteiger partial charge in [0.2, 0.25) is 0 Å². The van der Waals surface area contributed by atoms with Gasteiger partial charge < -0.3 is 5.73 Å². The zero-order chi connectivity index (χ0) is 11.2. The third kappa shape index (κ3) is 4.94. The van der Waals surface area contributed by atoms with E-state index >= 15 is 0 Å². The average Bonchev–Trinajstić information content (AvgIpc) is 2.09. The monoisotopic (exact) mass is 207 g/mol. The van der Waals surface area contributed by atoms with Crippen molar-refractivity contribution in [3.8, 4) is 0 Å². The molecule has 4 heteroatoms.